The maximum absolute atomic E-state index is 13.4. The lowest BCUT2D eigenvalue weighted by Crippen LogP contribution is -2.30. The highest BCUT2D eigenvalue weighted by molar-refractivity contribution is 5.25. The summed E-state index contributed by atoms with van der Waals surface area (Å²) in [7, 11) is 0. The molecule has 1 aromatic carbocycles. The van der Waals surface area contributed by atoms with Crippen LogP contribution < -0.4 is 10.1 Å². The largest absolute Gasteiger partial charge is 0.486 e. The fourth-order valence-electron chi connectivity index (χ4n) is 1.58. The van der Waals surface area contributed by atoms with Crippen LogP contribution in [0.15, 0.2) is 18.2 Å². The van der Waals surface area contributed by atoms with Gasteiger partial charge in [-0.25, -0.2) is 4.39 Å². The molecule has 1 N–H and O–H groups in total. The van der Waals surface area contributed by atoms with E-state index in [4.69, 9.17) is 9.47 Å². The smallest absolute Gasteiger partial charge is 0.200 e. The minimum atomic E-state index is -0.939. The van der Waals surface area contributed by atoms with Crippen molar-refractivity contribution in [1.82, 2.24) is 5.32 Å². The number of halogens is 2. The van der Waals surface area contributed by atoms with E-state index in [-0.39, 0.29) is 11.9 Å². The number of nitrogens with one attached hydrogen (secondary N) is 1. The Balaban J connectivity index is 2.23. The molecule has 1 rings (SSSR count). The molecule has 0 bridgehead atoms. The van der Waals surface area contributed by atoms with Crippen LogP contribution >= 0.6 is 0 Å². The molecular weight excluding hydrogens is 252 g/mol. The molecule has 0 saturated heterocycles. The molecule has 0 aliphatic carbocycles. The van der Waals surface area contributed by atoms with Crippen molar-refractivity contribution in [2.24, 2.45) is 0 Å². The van der Waals surface area contributed by atoms with E-state index in [1.54, 1.807) is 6.92 Å². The standard InChI is InChI=1S/C14H21F2NO2/c1-3-18-9-5-8-17-10-11(2)19-13-7-4-6-12(15)14(13)16/h4,6-7,11,17H,3,5,8-10H2,1-2H3. The van der Waals surface area contributed by atoms with Crippen LogP contribution in [0.5, 0.6) is 5.75 Å². The van der Waals surface area contributed by atoms with Crippen molar-refractivity contribution in [2.45, 2.75) is 26.4 Å². The normalized spacial score (nSPS) is 12.4. The van der Waals surface area contributed by atoms with Crippen LogP contribution in [0, 0.1) is 11.6 Å². The van der Waals surface area contributed by atoms with E-state index >= 15 is 0 Å². The Morgan fingerprint density at radius 3 is 2.84 bits per heavy atom. The summed E-state index contributed by atoms with van der Waals surface area (Å²) in [6.45, 7) is 6.58. The molecule has 19 heavy (non-hydrogen) atoms. The van der Waals surface area contributed by atoms with Crippen LogP contribution in [0.25, 0.3) is 0 Å². The number of rotatable bonds is 9. The van der Waals surface area contributed by atoms with Gasteiger partial charge in [0, 0.05) is 19.8 Å². The first-order valence-corrected chi connectivity index (χ1v) is 6.54. The van der Waals surface area contributed by atoms with Crippen LogP contribution in [0.3, 0.4) is 0 Å². The summed E-state index contributed by atoms with van der Waals surface area (Å²) in [6.07, 6.45) is 0.679. The highest BCUT2D eigenvalue weighted by Crippen LogP contribution is 2.20. The van der Waals surface area contributed by atoms with Crippen LogP contribution in [-0.2, 0) is 4.74 Å². The van der Waals surface area contributed by atoms with Crippen LogP contribution in [0.2, 0.25) is 0 Å². The summed E-state index contributed by atoms with van der Waals surface area (Å²) in [6, 6.07) is 3.92. The molecule has 108 valence electrons. The number of hydrogen-bond donors (Lipinski definition) is 1. The topological polar surface area (TPSA) is 30.5 Å². The van der Waals surface area contributed by atoms with Crippen LogP contribution in [0.1, 0.15) is 20.3 Å². The second kappa shape index (κ2) is 8.82. The Kier molecular flexibility index (Phi) is 7.36. The molecule has 3 nitrogen and oxygen atoms in total. The third kappa shape index (κ3) is 5.98. The van der Waals surface area contributed by atoms with Gasteiger partial charge in [-0.2, -0.15) is 4.39 Å². The number of benzene rings is 1. The molecule has 0 amide bonds. The quantitative estimate of drug-likeness (QED) is 0.702. The second-order valence-electron chi connectivity index (χ2n) is 4.24. The van der Waals surface area contributed by atoms with E-state index in [0.29, 0.717) is 6.54 Å². The molecule has 1 aromatic rings. The van der Waals surface area contributed by atoms with Crippen molar-refractivity contribution >= 4 is 0 Å². The van der Waals surface area contributed by atoms with Gasteiger partial charge in [-0.05, 0) is 38.9 Å². The Labute approximate surface area is 112 Å². The first-order valence-electron chi connectivity index (χ1n) is 6.54. The Morgan fingerprint density at radius 1 is 1.32 bits per heavy atom. The predicted octanol–water partition coefficient (Wildman–Crippen LogP) is 2.75. The highest BCUT2D eigenvalue weighted by Gasteiger charge is 2.11. The molecule has 0 fully saturated rings. The Hall–Kier alpha value is -1.20. The second-order valence-corrected chi connectivity index (χ2v) is 4.24. The van der Waals surface area contributed by atoms with Crippen molar-refractivity contribution in [3.8, 4) is 5.75 Å². The van der Waals surface area contributed by atoms with Crippen molar-refractivity contribution in [2.75, 3.05) is 26.3 Å². The monoisotopic (exact) mass is 273 g/mol. The minimum absolute atomic E-state index is 0.0522. The van der Waals surface area contributed by atoms with Crippen LogP contribution in [-0.4, -0.2) is 32.4 Å². The molecule has 0 radical (unpaired) electrons. The molecule has 0 aromatic heterocycles. The SMILES string of the molecule is CCOCCCNCC(C)Oc1cccc(F)c1F. The van der Waals surface area contributed by atoms with Gasteiger partial charge in [-0.3, -0.25) is 0 Å². The zero-order chi connectivity index (χ0) is 14.1. The molecular formula is C14H21F2NO2. The highest BCUT2D eigenvalue weighted by atomic mass is 19.2. The molecule has 0 heterocycles. The molecule has 1 unspecified atom stereocenters. The van der Waals surface area contributed by atoms with Crippen molar-refractivity contribution in [1.29, 1.82) is 0 Å². The van der Waals surface area contributed by atoms with Crippen LogP contribution in [0.4, 0.5) is 8.78 Å². The molecule has 0 aliphatic rings. The minimum Gasteiger partial charge on any atom is -0.486 e. The summed E-state index contributed by atoms with van der Waals surface area (Å²) in [5, 5.41) is 3.18. The fourth-order valence-corrected chi connectivity index (χ4v) is 1.58. The predicted molar refractivity (Wildman–Crippen MR) is 70.4 cm³/mol. The summed E-state index contributed by atoms with van der Waals surface area (Å²) in [5.74, 6) is -1.89. The molecule has 0 saturated carbocycles. The number of hydrogen-bond acceptors (Lipinski definition) is 3. The average molecular weight is 273 g/mol. The van der Waals surface area contributed by atoms with Gasteiger partial charge in [-0.15, -0.1) is 0 Å². The summed E-state index contributed by atoms with van der Waals surface area (Å²) in [4.78, 5) is 0. The van der Waals surface area contributed by atoms with Gasteiger partial charge < -0.3 is 14.8 Å². The van der Waals surface area contributed by atoms with Gasteiger partial charge in [0.05, 0.1) is 0 Å². The summed E-state index contributed by atoms with van der Waals surface area (Å²) < 4.78 is 36.9. The lowest BCUT2D eigenvalue weighted by atomic mass is 10.3. The summed E-state index contributed by atoms with van der Waals surface area (Å²) in [5.41, 5.74) is 0. The third-order valence-electron chi connectivity index (χ3n) is 2.52. The summed E-state index contributed by atoms with van der Waals surface area (Å²) >= 11 is 0. The maximum Gasteiger partial charge on any atom is 0.200 e. The molecule has 5 heteroatoms. The van der Waals surface area contributed by atoms with Gasteiger partial charge >= 0.3 is 0 Å². The lowest BCUT2D eigenvalue weighted by molar-refractivity contribution is 0.143. The van der Waals surface area contributed by atoms with Gasteiger partial charge in [0.15, 0.2) is 11.6 Å². The first kappa shape index (κ1) is 15.9. The zero-order valence-electron chi connectivity index (χ0n) is 11.4. The third-order valence-corrected chi connectivity index (χ3v) is 2.52. The molecule has 0 aliphatic heterocycles. The van der Waals surface area contributed by atoms with Crippen molar-refractivity contribution in [3.63, 3.8) is 0 Å². The molecule has 0 spiro atoms. The van der Waals surface area contributed by atoms with Gasteiger partial charge in [0.25, 0.3) is 0 Å². The van der Waals surface area contributed by atoms with E-state index in [2.05, 4.69) is 5.32 Å². The fraction of sp³-hybridized carbons (Fsp3) is 0.571. The molecule has 1 atom stereocenters. The lowest BCUT2D eigenvalue weighted by Gasteiger charge is -2.16. The Morgan fingerprint density at radius 2 is 2.11 bits per heavy atom. The van der Waals surface area contributed by atoms with E-state index in [1.165, 1.54) is 12.1 Å². The zero-order valence-corrected chi connectivity index (χ0v) is 11.4. The first-order chi connectivity index (χ1) is 9.15. The van der Waals surface area contributed by atoms with E-state index in [1.807, 2.05) is 6.92 Å². The Bertz CT molecular complexity index is 374. The van der Waals surface area contributed by atoms with E-state index in [0.717, 1.165) is 32.2 Å². The van der Waals surface area contributed by atoms with Gasteiger partial charge in [0.1, 0.15) is 6.10 Å². The van der Waals surface area contributed by atoms with Gasteiger partial charge in [-0.1, -0.05) is 6.07 Å². The van der Waals surface area contributed by atoms with E-state index < -0.39 is 11.6 Å². The van der Waals surface area contributed by atoms with Crippen molar-refractivity contribution in [3.05, 3.63) is 29.8 Å². The van der Waals surface area contributed by atoms with Gasteiger partial charge in [0.2, 0.25) is 5.82 Å². The number of ether oxygens (including phenoxy) is 2. The van der Waals surface area contributed by atoms with E-state index in [9.17, 15) is 8.78 Å². The average Bonchev–Trinajstić information content (AvgIpc) is 2.39. The van der Waals surface area contributed by atoms with Crippen molar-refractivity contribution < 1.29 is 18.3 Å². The maximum atomic E-state index is 13.4.